The van der Waals surface area contributed by atoms with Gasteiger partial charge in [-0.05, 0) is 24.6 Å². The third-order valence-electron chi connectivity index (χ3n) is 3.72. The minimum atomic E-state index is -1.65. The zero-order chi connectivity index (χ0) is 20.1. The second kappa shape index (κ2) is 8.59. The van der Waals surface area contributed by atoms with Crippen LogP contribution in [0.5, 0.6) is 5.75 Å². The zero-order valence-electron chi connectivity index (χ0n) is 14.4. The predicted octanol–water partition coefficient (Wildman–Crippen LogP) is 3.43. The number of nitrogens with zero attached hydrogens (tertiary/aromatic N) is 2. The lowest BCUT2D eigenvalue weighted by atomic mass is 10.3. The maximum absolute atomic E-state index is 13.5. The number of aromatic nitrogens is 2. The van der Waals surface area contributed by atoms with Gasteiger partial charge in [-0.1, -0.05) is 0 Å². The quantitative estimate of drug-likeness (QED) is 0.359. The van der Waals surface area contributed by atoms with E-state index in [1.807, 2.05) is 0 Å². The molecule has 0 aliphatic carbocycles. The minimum absolute atomic E-state index is 0.0379. The van der Waals surface area contributed by atoms with Gasteiger partial charge in [0.25, 0.3) is 5.91 Å². The first-order chi connectivity index (χ1) is 13.5. The molecule has 0 saturated carbocycles. The van der Waals surface area contributed by atoms with E-state index in [1.54, 1.807) is 23.1 Å². The average Bonchev–Trinajstić information content (AvgIpc) is 3.35. The highest BCUT2D eigenvalue weighted by Crippen LogP contribution is 2.27. The van der Waals surface area contributed by atoms with Crippen LogP contribution in [0.4, 0.5) is 17.6 Å². The number of carbonyl (C=O) groups is 1. The van der Waals surface area contributed by atoms with E-state index in [4.69, 9.17) is 9.15 Å². The number of carbonyl (C=O) groups excluding carboxylic acids is 1. The van der Waals surface area contributed by atoms with Gasteiger partial charge in [0, 0.05) is 31.5 Å². The molecule has 1 aromatic carbocycles. The molecule has 10 heteroatoms. The van der Waals surface area contributed by atoms with Crippen molar-refractivity contribution in [2.24, 2.45) is 0 Å². The Morgan fingerprint density at radius 3 is 2.61 bits per heavy atom. The first-order valence-electron chi connectivity index (χ1n) is 8.26. The minimum Gasteiger partial charge on any atom is -0.479 e. The highest BCUT2D eigenvalue weighted by Gasteiger charge is 2.21. The molecule has 0 spiro atoms. The lowest BCUT2D eigenvalue weighted by molar-refractivity contribution is 0.0920. The largest absolute Gasteiger partial charge is 0.479 e. The van der Waals surface area contributed by atoms with Crippen molar-refractivity contribution in [1.29, 1.82) is 0 Å². The van der Waals surface area contributed by atoms with Crippen LogP contribution < -0.4 is 10.1 Å². The van der Waals surface area contributed by atoms with Gasteiger partial charge in [-0.25, -0.2) is 8.78 Å². The summed E-state index contributed by atoms with van der Waals surface area (Å²) in [6, 6.07) is 4.57. The smallest absolute Gasteiger partial charge is 0.286 e. The van der Waals surface area contributed by atoms with Crippen LogP contribution in [0.1, 0.15) is 22.7 Å². The molecule has 0 bridgehead atoms. The molecular formula is C18H15F4N3O3. The fourth-order valence-corrected chi connectivity index (χ4v) is 2.36. The Morgan fingerprint density at radius 2 is 1.93 bits per heavy atom. The molecule has 1 N–H and O–H groups in total. The Bertz CT molecular complexity index is 931. The van der Waals surface area contributed by atoms with Gasteiger partial charge in [0.1, 0.15) is 12.4 Å². The Morgan fingerprint density at radius 1 is 1.18 bits per heavy atom. The van der Waals surface area contributed by atoms with Crippen LogP contribution in [0.25, 0.3) is 0 Å². The molecule has 3 rings (SSSR count). The van der Waals surface area contributed by atoms with E-state index in [-0.39, 0.29) is 17.6 Å². The summed E-state index contributed by atoms with van der Waals surface area (Å²) in [6.45, 7) is 0.485. The van der Waals surface area contributed by atoms with Crippen LogP contribution in [0, 0.1) is 23.3 Å². The van der Waals surface area contributed by atoms with Crippen molar-refractivity contribution in [3.05, 3.63) is 71.4 Å². The first kappa shape index (κ1) is 19.5. The van der Waals surface area contributed by atoms with Crippen LogP contribution in [0.2, 0.25) is 0 Å². The van der Waals surface area contributed by atoms with E-state index in [1.165, 1.54) is 12.1 Å². The Balaban J connectivity index is 1.52. The number of rotatable bonds is 8. The van der Waals surface area contributed by atoms with Crippen LogP contribution in [-0.2, 0) is 13.2 Å². The molecule has 0 radical (unpaired) electrons. The summed E-state index contributed by atoms with van der Waals surface area (Å²) in [6.07, 6.45) is 4.10. The highest BCUT2D eigenvalue weighted by atomic mass is 19.2. The van der Waals surface area contributed by atoms with Gasteiger partial charge in [-0.15, -0.1) is 0 Å². The molecule has 0 atom stereocenters. The lowest BCUT2D eigenvalue weighted by Gasteiger charge is -2.08. The molecule has 2 aromatic heterocycles. The summed E-state index contributed by atoms with van der Waals surface area (Å²) in [4.78, 5) is 12.0. The van der Waals surface area contributed by atoms with Gasteiger partial charge >= 0.3 is 0 Å². The van der Waals surface area contributed by atoms with E-state index in [2.05, 4.69) is 10.4 Å². The SMILES string of the molecule is O=C(NCCCn1cccn1)c1ccc(COc2c(F)c(F)cc(F)c2F)o1. The summed E-state index contributed by atoms with van der Waals surface area (Å²) < 4.78 is 65.1. The van der Waals surface area contributed by atoms with Crippen LogP contribution >= 0.6 is 0 Å². The van der Waals surface area contributed by atoms with Crippen LogP contribution in [0.3, 0.4) is 0 Å². The average molecular weight is 397 g/mol. The number of ether oxygens (including phenoxy) is 1. The normalized spacial score (nSPS) is 10.9. The zero-order valence-corrected chi connectivity index (χ0v) is 14.4. The summed E-state index contributed by atoms with van der Waals surface area (Å²) in [7, 11) is 0. The molecule has 6 nitrogen and oxygen atoms in total. The van der Waals surface area contributed by atoms with Crippen LogP contribution in [0.15, 0.2) is 41.1 Å². The number of benzene rings is 1. The van der Waals surface area contributed by atoms with Crippen molar-refractivity contribution in [1.82, 2.24) is 15.1 Å². The molecule has 0 aliphatic heterocycles. The summed E-state index contributed by atoms with van der Waals surface area (Å²) in [5.74, 6) is -8.14. The van der Waals surface area contributed by atoms with E-state index in [0.29, 0.717) is 19.5 Å². The third-order valence-corrected chi connectivity index (χ3v) is 3.72. The molecule has 0 aliphatic rings. The molecule has 148 valence electrons. The second-order valence-corrected chi connectivity index (χ2v) is 5.73. The van der Waals surface area contributed by atoms with Crippen molar-refractivity contribution in [3.8, 4) is 5.75 Å². The standard InChI is InChI=1S/C18H15F4N3O3/c19-12-9-13(20)16(22)17(15(12)21)27-10-11-3-4-14(28-11)18(26)23-5-1-7-25-8-2-6-24-25/h2-4,6,8-9H,1,5,7,10H2,(H,23,26). The molecule has 3 aromatic rings. The van der Waals surface area contributed by atoms with E-state index in [9.17, 15) is 22.4 Å². The van der Waals surface area contributed by atoms with Gasteiger partial charge in [0.2, 0.25) is 11.6 Å². The van der Waals surface area contributed by atoms with E-state index in [0.717, 1.165) is 0 Å². The lowest BCUT2D eigenvalue weighted by Crippen LogP contribution is -2.24. The topological polar surface area (TPSA) is 69.3 Å². The van der Waals surface area contributed by atoms with Crippen molar-refractivity contribution in [2.45, 2.75) is 19.6 Å². The first-order valence-corrected chi connectivity index (χ1v) is 8.26. The molecule has 0 unspecified atom stereocenters. The van der Waals surface area contributed by atoms with Crippen molar-refractivity contribution in [3.63, 3.8) is 0 Å². The molecule has 0 saturated heterocycles. The highest BCUT2D eigenvalue weighted by molar-refractivity contribution is 5.91. The molecule has 0 fully saturated rings. The Kier molecular flexibility index (Phi) is 5.97. The maximum atomic E-state index is 13.5. The number of aryl methyl sites for hydroxylation is 1. The fourth-order valence-electron chi connectivity index (χ4n) is 2.36. The third kappa shape index (κ3) is 4.51. The monoisotopic (exact) mass is 397 g/mol. The maximum Gasteiger partial charge on any atom is 0.286 e. The second-order valence-electron chi connectivity index (χ2n) is 5.73. The van der Waals surface area contributed by atoms with Gasteiger partial charge in [0.15, 0.2) is 23.1 Å². The van der Waals surface area contributed by atoms with Gasteiger partial charge in [0.05, 0.1) is 0 Å². The molecule has 28 heavy (non-hydrogen) atoms. The fraction of sp³-hybridized carbons (Fsp3) is 0.222. The van der Waals surface area contributed by atoms with Gasteiger partial charge < -0.3 is 14.5 Å². The molecule has 2 heterocycles. The van der Waals surface area contributed by atoms with E-state index >= 15 is 0 Å². The predicted molar refractivity (Wildman–Crippen MR) is 88.5 cm³/mol. The summed E-state index contributed by atoms with van der Waals surface area (Å²) in [5, 5.41) is 6.68. The number of nitrogens with one attached hydrogen (secondary N) is 1. The molecular weight excluding hydrogens is 382 g/mol. The number of hydrogen-bond acceptors (Lipinski definition) is 4. The number of halogens is 4. The summed E-state index contributed by atoms with van der Waals surface area (Å²) in [5.41, 5.74) is 0. The molecule has 1 amide bonds. The van der Waals surface area contributed by atoms with Crippen LogP contribution in [-0.4, -0.2) is 22.2 Å². The van der Waals surface area contributed by atoms with Gasteiger partial charge in [-0.3, -0.25) is 9.48 Å². The summed E-state index contributed by atoms with van der Waals surface area (Å²) >= 11 is 0. The Labute approximate surface area is 156 Å². The number of furan rings is 1. The van der Waals surface area contributed by atoms with Gasteiger partial charge in [-0.2, -0.15) is 13.9 Å². The van der Waals surface area contributed by atoms with Crippen molar-refractivity contribution >= 4 is 5.91 Å². The number of amides is 1. The Hall–Kier alpha value is -3.30. The van der Waals surface area contributed by atoms with Crippen molar-refractivity contribution in [2.75, 3.05) is 6.54 Å². The van der Waals surface area contributed by atoms with Crippen molar-refractivity contribution < 1.29 is 31.5 Å². The van der Waals surface area contributed by atoms with E-state index < -0.39 is 41.5 Å². The number of hydrogen-bond donors (Lipinski definition) is 1.